The summed E-state index contributed by atoms with van der Waals surface area (Å²) in [5.41, 5.74) is 0.594. The molecule has 0 unspecified atom stereocenters. The van der Waals surface area contributed by atoms with Crippen molar-refractivity contribution in [2.24, 2.45) is 7.05 Å². The first-order valence-electron chi connectivity index (χ1n) is 5.95. The Bertz CT molecular complexity index is 722. The molecule has 2 aromatic rings. The molecule has 0 fully saturated rings. The Hall–Kier alpha value is -2.96. The zero-order chi connectivity index (χ0) is 15.4. The summed E-state index contributed by atoms with van der Waals surface area (Å²) in [7, 11) is 1.73. The number of carboxylic acids is 1. The summed E-state index contributed by atoms with van der Waals surface area (Å²) in [5, 5.41) is 11.0. The smallest absolute Gasteiger partial charge is 0.328 e. The summed E-state index contributed by atoms with van der Waals surface area (Å²) < 4.78 is 15.4. The lowest BCUT2D eigenvalue weighted by molar-refractivity contribution is -0.131. The number of nitrogens with one attached hydrogen (secondary N) is 1. The molecule has 108 valence electrons. The van der Waals surface area contributed by atoms with Crippen molar-refractivity contribution in [2.75, 3.05) is 5.32 Å². The van der Waals surface area contributed by atoms with Gasteiger partial charge in [0.05, 0.1) is 6.33 Å². The van der Waals surface area contributed by atoms with Crippen LogP contribution in [0.3, 0.4) is 0 Å². The van der Waals surface area contributed by atoms with E-state index in [-0.39, 0.29) is 16.9 Å². The number of aryl methyl sites for hydroxylation is 1. The van der Waals surface area contributed by atoms with Gasteiger partial charge in [-0.25, -0.2) is 14.2 Å². The first-order valence-corrected chi connectivity index (χ1v) is 5.95. The molecule has 0 aliphatic carbocycles. The fourth-order valence-electron chi connectivity index (χ4n) is 1.63. The lowest BCUT2D eigenvalue weighted by atomic mass is 10.1. The molecular weight excluding hydrogens is 277 g/mol. The maximum absolute atomic E-state index is 13.7. The van der Waals surface area contributed by atoms with E-state index in [1.54, 1.807) is 11.6 Å². The highest BCUT2D eigenvalue weighted by molar-refractivity contribution is 6.02. The van der Waals surface area contributed by atoms with Gasteiger partial charge in [0, 0.05) is 30.6 Å². The molecular formula is C14H12FN3O3. The van der Waals surface area contributed by atoms with E-state index >= 15 is 0 Å². The molecule has 0 saturated heterocycles. The average Bonchev–Trinajstić information content (AvgIpc) is 2.84. The SMILES string of the molecule is Cn1cnc(C(=O)Nc2ccc(/C=C/C(=O)O)c(F)c2)c1. The number of halogens is 1. The number of hydrogen-bond donors (Lipinski definition) is 2. The van der Waals surface area contributed by atoms with Gasteiger partial charge in [-0.05, 0) is 24.3 Å². The Balaban J connectivity index is 2.13. The number of benzene rings is 1. The van der Waals surface area contributed by atoms with Gasteiger partial charge in [0.1, 0.15) is 11.5 Å². The molecule has 1 aromatic heterocycles. The highest BCUT2D eigenvalue weighted by atomic mass is 19.1. The number of nitrogens with zero attached hydrogens (tertiary/aromatic N) is 2. The molecule has 0 bridgehead atoms. The van der Waals surface area contributed by atoms with Crippen LogP contribution in [0.5, 0.6) is 0 Å². The summed E-state index contributed by atoms with van der Waals surface area (Å²) in [6, 6.07) is 3.97. The third-order valence-corrected chi connectivity index (χ3v) is 2.60. The van der Waals surface area contributed by atoms with E-state index in [4.69, 9.17) is 5.11 Å². The Labute approximate surface area is 119 Å². The standard InChI is InChI=1S/C14H12FN3O3/c1-18-7-12(16-8-18)14(21)17-10-4-2-9(11(15)6-10)3-5-13(19)20/h2-8H,1H3,(H,17,21)(H,19,20)/b5-3+. The highest BCUT2D eigenvalue weighted by Gasteiger charge is 2.10. The number of amides is 1. The van der Waals surface area contributed by atoms with E-state index in [0.29, 0.717) is 0 Å². The number of carbonyl (C=O) groups is 2. The van der Waals surface area contributed by atoms with Gasteiger partial charge in [0.15, 0.2) is 0 Å². The van der Waals surface area contributed by atoms with Gasteiger partial charge in [-0.1, -0.05) is 0 Å². The van der Waals surface area contributed by atoms with Crippen LogP contribution in [0.4, 0.5) is 10.1 Å². The molecule has 7 heteroatoms. The third-order valence-electron chi connectivity index (χ3n) is 2.60. The molecule has 1 amide bonds. The van der Waals surface area contributed by atoms with E-state index in [0.717, 1.165) is 18.2 Å². The van der Waals surface area contributed by atoms with E-state index in [2.05, 4.69) is 10.3 Å². The Kier molecular flexibility index (Phi) is 4.13. The van der Waals surface area contributed by atoms with Crippen molar-refractivity contribution < 1.29 is 19.1 Å². The number of carbonyl (C=O) groups excluding carboxylic acids is 1. The monoisotopic (exact) mass is 289 g/mol. The van der Waals surface area contributed by atoms with E-state index < -0.39 is 17.7 Å². The van der Waals surface area contributed by atoms with Crippen LogP contribution < -0.4 is 5.32 Å². The lowest BCUT2D eigenvalue weighted by Gasteiger charge is -2.04. The first-order chi connectivity index (χ1) is 9.95. The molecule has 0 atom stereocenters. The van der Waals surface area contributed by atoms with Crippen molar-refractivity contribution in [2.45, 2.75) is 0 Å². The van der Waals surface area contributed by atoms with Crippen molar-refractivity contribution in [3.05, 3.63) is 53.9 Å². The Morgan fingerprint density at radius 3 is 2.76 bits per heavy atom. The van der Waals surface area contributed by atoms with Gasteiger partial charge < -0.3 is 15.0 Å². The number of hydrogen-bond acceptors (Lipinski definition) is 3. The van der Waals surface area contributed by atoms with Gasteiger partial charge in [0.25, 0.3) is 5.91 Å². The van der Waals surface area contributed by atoms with Gasteiger partial charge in [0.2, 0.25) is 0 Å². The predicted octanol–water partition coefficient (Wildman–Crippen LogP) is 1.91. The molecule has 2 rings (SSSR count). The Morgan fingerprint density at radius 1 is 1.43 bits per heavy atom. The van der Waals surface area contributed by atoms with Crippen LogP contribution in [-0.2, 0) is 11.8 Å². The maximum atomic E-state index is 13.7. The molecule has 1 heterocycles. The summed E-state index contributed by atoms with van der Waals surface area (Å²) in [6.07, 6.45) is 5.00. The topological polar surface area (TPSA) is 84.2 Å². The maximum Gasteiger partial charge on any atom is 0.328 e. The third kappa shape index (κ3) is 3.75. The highest BCUT2D eigenvalue weighted by Crippen LogP contribution is 2.16. The van der Waals surface area contributed by atoms with Crippen molar-refractivity contribution >= 4 is 23.6 Å². The minimum absolute atomic E-state index is 0.119. The van der Waals surface area contributed by atoms with Crippen LogP contribution in [0.25, 0.3) is 6.08 Å². The number of aliphatic carboxylic acids is 1. The van der Waals surface area contributed by atoms with Gasteiger partial charge >= 0.3 is 5.97 Å². The normalized spacial score (nSPS) is 10.8. The van der Waals surface area contributed by atoms with Crippen molar-refractivity contribution in [3.63, 3.8) is 0 Å². The van der Waals surface area contributed by atoms with Crippen LogP contribution in [0.2, 0.25) is 0 Å². The van der Waals surface area contributed by atoms with Crippen LogP contribution in [0.15, 0.2) is 36.8 Å². The fraction of sp³-hybridized carbons (Fsp3) is 0.0714. The molecule has 6 nitrogen and oxygen atoms in total. The predicted molar refractivity (Wildman–Crippen MR) is 74.2 cm³/mol. The van der Waals surface area contributed by atoms with Crippen LogP contribution in [-0.4, -0.2) is 26.5 Å². The molecule has 0 saturated carbocycles. The van der Waals surface area contributed by atoms with Crippen LogP contribution in [0.1, 0.15) is 16.1 Å². The molecule has 1 aromatic carbocycles. The zero-order valence-corrected chi connectivity index (χ0v) is 11.1. The van der Waals surface area contributed by atoms with E-state index in [1.165, 1.54) is 24.7 Å². The molecule has 0 aliphatic heterocycles. The average molecular weight is 289 g/mol. The Morgan fingerprint density at radius 2 is 2.19 bits per heavy atom. The van der Waals surface area contributed by atoms with Crippen LogP contribution >= 0.6 is 0 Å². The summed E-state index contributed by atoms with van der Waals surface area (Å²) in [5.74, 6) is -2.25. The molecule has 2 N–H and O–H groups in total. The van der Waals surface area contributed by atoms with E-state index in [1.807, 2.05) is 0 Å². The minimum atomic E-state index is -1.16. The minimum Gasteiger partial charge on any atom is -0.478 e. The number of rotatable bonds is 4. The summed E-state index contributed by atoms with van der Waals surface area (Å²) in [6.45, 7) is 0. The van der Waals surface area contributed by atoms with Crippen molar-refractivity contribution in [1.82, 2.24) is 9.55 Å². The second-order valence-corrected chi connectivity index (χ2v) is 4.29. The quantitative estimate of drug-likeness (QED) is 0.842. The molecule has 0 radical (unpaired) electrons. The molecule has 0 aliphatic rings. The fourth-order valence-corrected chi connectivity index (χ4v) is 1.63. The molecule has 21 heavy (non-hydrogen) atoms. The number of imidazole rings is 1. The van der Waals surface area contributed by atoms with Crippen LogP contribution in [0, 0.1) is 5.82 Å². The van der Waals surface area contributed by atoms with Crippen molar-refractivity contribution in [3.8, 4) is 0 Å². The van der Waals surface area contributed by atoms with Gasteiger partial charge in [-0.2, -0.15) is 0 Å². The lowest BCUT2D eigenvalue weighted by Crippen LogP contribution is -2.12. The largest absolute Gasteiger partial charge is 0.478 e. The molecule has 0 spiro atoms. The zero-order valence-electron chi connectivity index (χ0n) is 11.1. The van der Waals surface area contributed by atoms with Gasteiger partial charge in [-0.3, -0.25) is 4.79 Å². The summed E-state index contributed by atoms with van der Waals surface area (Å²) in [4.78, 5) is 26.1. The summed E-state index contributed by atoms with van der Waals surface area (Å²) >= 11 is 0. The van der Waals surface area contributed by atoms with Crippen molar-refractivity contribution in [1.29, 1.82) is 0 Å². The van der Waals surface area contributed by atoms with Gasteiger partial charge in [-0.15, -0.1) is 0 Å². The number of carboxylic acid groups (broad SMARTS) is 1. The first kappa shape index (κ1) is 14.4. The van der Waals surface area contributed by atoms with E-state index in [9.17, 15) is 14.0 Å². The second kappa shape index (κ2) is 6.00. The second-order valence-electron chi connectivity index (χ2n) is 4.29. The number of aromatic nitrogens is 2. The number of anilines is 1.